The zero-order valence-corrected chi connectivity index (χ0v) is 11.0. The number of benzene rings is 1. The van der Waals surface area contributed by atoms with Crippen molar-refractivity contribution in [3.63, 3.8) is 0 Å². The highest BCUT2D eigenvalue weighted by atomic mass is 19.3. The SMILES string of the molecule is C[C@@H]1COc2ccccc2N1Cc1nccn1C(F)F. The predicted molar refractivity (Wildman–Crippen MR) is 71.1 cm³/mol. The van der Waals surface area contributed by atoms with Crippen molar-refractivity contribution < 1.29 is 13.5 Å². The van der Waals surface area contributed by atoms with Crippen LogP contribution in [-0.2, 0) is 6.54 Å². The molecule has 0 radical (unpaired) electrons. The molecule has 6 heteroatoms. The van der Waals surface area contributed by atoms with E-state index in [-0.39, 0.29) is 6.04 Å². The zero-order valence-electron chi connectivity index (χ0n) is 11.0. The highest BCUT2D eigenvalue weighted by Crippen LogP contribution is 2.34. The Morgan fingerprint density at radius 1 is 1.40 bits per heavy atom. The minimum absolute atomic E-state index is 0.104. The van der Waals surface area contributed by atoms with Crippen LogP contribution >= 0.6 is 0 Å². The molecule has 0 N–H and O–H groups in total. The van der Waals surface area contributed by atoms with Crippen molar-refractivity contribution in [3.8, 4) is 5.75 Å². The first-order valence-corrected chi connectivity index (χ1v) is 6.45. The molecule has 1 aromatic carbocycles. The Kier molecular flexibility index (Phi) is 3.30. The van der Waals surface area contributed by atoms with E-state index >= 15 is 0 Å². The lowest BCUT2D eigenvalue weighted by molar-refractivity contribution is 0.0668. The van der Waals surface area contributed by atoms with Gasteiger partial charge in [-0.3, -0.25) is 4.57 Å². The Hall–Kier alpha value is -2.11. The van der Waals surface area contributed by atoms with Gasteiger partial charge >= 0.3 is 6.55 Å². The summed E-state index contributed by atoms with van der Waals surface area (Å²) in [5.74, 6) is 1.13. The number of hydrogen-bond donors (Lipinski definition) is 0. The van der Waals surface area contributed by atoms with Crippen molar-refractivity contribution in [2.75, 3.05) is 11.5 Å². The first-order chi connectivity index (χ1) is 9.66. The van der Waals surface area contributed by atoms with Crippen LogP contribution < -0.4 is 9.64 Å². The van der Waals surface area contributed by atoms with Crippen molar-refractivity contribution in [2.45, 2.75) is 26.1 Å². The van der Waals surface area contributed by atoms with Crippen molar-refractivity contribution in [2.24, 2.45) is 0 Å². The number of ether oxygens (including phenoxy) is 1. The fourth-order valence-electron chi connectivity index (χ4n) is 2.39. The minimum Gasteiger partial charge on any atom is -0.489 e. The van der Waals surface area contributed by atoms with Crippen molar-refractivity contribution >= 4 is 5.69 Å². The fourth-order valence-corrected chi connectivity index (χ4v) is 2.39. The van der Waals surface area contributed by atoms with Crippen molar-refractivity contribution in [3.05, 3.63) is 42.5 Å². The molecule has 2 heterocycles. The summed E-state index contributed by atoms with van der Waals surface area (Å²) in [6, 6.07) is 7.72. The number of anilines is 1. The minimum atomic E-state index is -2.57. The molecule has 1 aliphatic rings. The van der Waals surface area contributed by atoms with Crippen LogP contribution in [0.2, 0.25) is 0 Å². The van der Waals surface area contributed by atoms with Crippen LogP contribution in [0.1, 0.15) is 19.3 Å². The molecular weight excluding hydrogens is 264 g/mol. The third kappa shape index (κ3) is 2.21. The second-order valence-electron chi connectivity index (χ2n) is 4.78. The lowest BCUT2D eigenvalue weighted by Gasteiger charge is -2.36. The Bertz CT molecular complexity index is 600. The molecule has 0 fully saturated rings. The van der Waals surface area contributed by atoms with E-state index in [9.17, 15) is 8.78 Å². The molecule has 1 atom stereocenters. The van der Waals surface area contributed by atoms with E-state index in [0.717, 1.165) is 16.0 Å². The summed E-state index contributed by atoms with van der Waals surface area (Å²) < 4.78 is 32.3. The Balaban J connectivity index is 1.92. The van der Waals surface area contributed by atoms with Gasteiger partial charge in [0.25, 0.3) is 0 Å². The quantitative estimate of drug-likeness (QED) is 0.865. The number of rotatable bonds is 3. The number of aromatic nitrogens is 2. The molecular formula is C14H15F2N3O. The standard InChI is InChI=1S/C14H15F2N3O/c1-10-9-20-12-5-3-2-4-11(12)19(10)8-13-17-6-7-18(13)14(15)16/h2-7,10,14H,8-9H2,1H3/t10-/m1/s1. The summed E-state index contributed by atoms with van der Waals surface area (Å²) in [7, 11) is 0. The number of nitrogens with zero attached hydrogens (tertiary/aromatic N) is 3. The molecule has 0 aliphatic carbocycles. The van der Waals surface area contributed by atoms with Crippen LogP contribution in [0.15, 0.2) is 36.7 Å². The van der Waals surface area contributed by atoms with E-state index in [1.54, 1.807) is 0 Å². The molecule has 1 aromatic heterocycles. The number of hydrogen-bond acceptors (Lipinski definition) is 3. The van der Waals surface area contributed by atoms with Crippen LogP contribution in [0.5, 0.6) is 5.75 Å². The summed E-state index contributed by atoms with van der Waals surface area (Å²) in [5.41, 5.74) is 0.912. The van der Waals surface area contributed by atoms with Gasteiger partial charge in [-0.05, 0) is 19.1 Å². The van der Waals surface area contributed by atoms with Crippen molar-refractivity contribution in [1.82, 2.24) is 9.55 Å². The molecule has 106 valence electrons. The van der Waals surface area contributed by atoms with E-state index in [4.69, 9.17) is 4.74 Å². The topological polar surface area (TPSA) is 30.3 Å². The van der Waals surface area contributed by atoms with Gasteiger partial charge in [0, 0.05) is 12.4 Å². The first kappa shape index (κ1) is 12.9. The second kappa shape index (κ2) is 5.11. The van der Waals surface area contributed by atoms with Gasteiger partial charge in [0.05, 0.1) is 18.3 Å². The van der Waals surface area contributed by atoms with Crippen molar-refractivity contribution in [1.29, 1.82) is 0 Å². The predicted octanol–water partition coefficient (Wildman–Crippen LogP) is 3.07. The van der Waals surface area contributed by atoms with Gasteiger partial charge in [-0.1, -0.05) is 12.1 Å². The number of halogens is 2. The van der Waals surface area contributed by atoms with Gasteiger partial charge < -0.3 is 9.64 Å². The Morgan fingerprint density at radius 2 is 2.20 bits per heavy atom. The molecule has 1 aliphatic heterocycles. The zero-order chi connectivity index (χ0) is 14.1. The van der Waals surface area contributed by atoms with Crippen LogP contribution in [0.25, 0.3) is 0 Å². The number of alkyl halides is 2. The molecule has 0 spiro atoms. The van der Waals surface area contributed by atoms with Crippen LogP contribution in [0.3, 0.4) is 0 Å². The van der Waals surface area contributed by atoms with E-state index in [2.05, 4.69) is 4.98 Å². The molecule has 4 nitrogen and oxygen atoms in total. The molecule has 0 amide bonds. The maximum atomic E-state index is 12.9. The van der Waals surface area contributed by atoms with Gasteiger partial charge in [0.2, 0.25) is 0 Å². The maximum Gasteiger partial charge on any atom is 0.319 e. The second-order valence-corrected chi connectivity index (χ2v) is 4.78. The Morgan fingerprint density at radius 3 is 3.00 bits per heavy atom. The average Bonchev–Trinajstić information content (AvgIpc) is 2.90. The molecule has 20 heavy (non-hydrogen) atoms. The highest BCUT2D eigenvalue weighted by molar-refractivity contribution is 5.60. The summed E-state index contributed by atoms with van der Waals surface area (Å²) in [6.07, 6.45) is 2.70. The summed E-state index contributed by atoms with van der Waals surface area (Å²) in [4.78, 5) is 6.08. The van der Waals surface area contributed by atoms with Gasteiger partial charge in [0.15, 0.2) is 0 Å². The maximum absolute atomic E-state index is 12.9. The highest BCUT2D eigenvalue weighted by Gasteiger charge is 2.26. The van der Waals surface area contributed by atoms with E-state index in [1.807, 2.05) is 36.1 Å². The van der Waals surface area contributed by atoms with Crippen LogP contribution in [-0.4, -0.2) is 22.2 Å². The average molecular weight is 279 g/mol. The van der Waals surface area contributed by atoms with Gasteiger partial charge in [0.1, 0.15) is 18.2 Å². The lowest BCUT2D eigenvalue weighted by atomic mass is 10.1. The number of imidazole rings is 1. The number of fused-ring (bicyclic) bond motifs is 1. The first-order valence-electron chi connectivity index (χ1n) is 6.45. The third-order valence-corrected chi connectivity index (χ3v) is 3.46. The normalized spacial score (nSPS) is 18.0. The summed E-state index contributed by atoms with van der Waals surface area (Å²) in [5, 5.41) is 0. The number of para-hydroxylation sites is 2. The monoisotopic (exact) mass is 279 g/mol. The van der Waals surface area contributed by atoms with E-state index in [0.29, 0.717) is 19.0 Å². The summed E-state index contributed by atoms with van der Waals surface area (Å²) in [6.45, 7) is 0.302. The molecule has 3 rings (SSSR count). The smallest absolute Gasteiger partial charge is 0.319 e. The molecule has 0 bridgehead atoms. The lowest BCUT2D eigenvalue weighted by Crippen LogP contribution is -2.41. The molecule has 0 saturated heterocycles. The van der Waals surface area contributed by atoms with Crippen LogP contribution in [0, 0.1) is 0 Å². The summed E-state index contributed by atoms with van der Waals surface area (Å²) >= 11 is 0. The van der Waals surface area contributed by atoms with Crippen LogP contribution in [0.4, 0.5) is 14.5 Å². The van der Waals surface area contributed by atoms with E-state index < -0.39 is 6.55 Å². The largest absolute Gasteiger partial charge is 0.489 e. The van der Waals surface area contributed by atoms with Gasteiger partial charge in [-0.25, -0.2) is 4.98 Å². The van der Waals surface area contributed by atoms with Gasteiger partial charge in [-0.15, -0.1) is 0 Å². The molecule has 0 unspecified atom stereocenters. The molecule has 2 aromatic rings. The third-order valence-electron chi connectivity index (χ3n) is 3.46. The molecule has 0 saturated carbocycles. The van der Waals surface area contributed by atoms with Gasteiger partial charge in [-0.2, -0.15) is 8.78 Å². The van der Waals surface area contributed by atoms with E-state index in [1.165, 1.54) is 12.4 Å². The Labute approximate surface area is 115 Å². The fraction of sp³-hybridized carbons (Fsp3) is 0.357.